The summed E-state index contributed by atoms with van der Waals surface area (Å²) in [6.45, 7) is 5.90. The van der Waals surface area contributed by atoms with Gasteiger partial charge >= 0.3 is 0 Å². The molecule has 0 aliphatic carbocycles. The van der Waals surface area contributed by atoms with Crippen LogP contribution in [0.15, 0.2) is 28.7 Å². The van der Waals surface area contributed by atoms with Crippen molar-refractivity contribution in [1.29, 1.82) is 0 Å². The molecule has 0 unspecified atom stereocenters. The maximum atomic E-state index is 12.2. The van der Waals surface area contributed by atoms with Crippen LogP contribution in [-0.2, 0) is 11.2 Å². The van der Waals surface area contributed by atoms with Crippen LogP contribution in [0, 0.1) is 0 Å². The Labute approximate surface area is 123 Å². The second-order valence-electron chi connectivity index (χ2n) is 5.40. The van der Waals surface area contributed by atoms with Gasteiger partial charge in [0.05, 0.1) is 0 Å². The Morgan fingerprint density at radius 3 is 2.68 bits per heavy atom. The quantitative estimate of drug-likeness (QED) is 0.926. The Hall–Kier alpha value is -0.870. The van der Waals surface area contributed by atoms with E-state index in [0.29, 0.717) is 18.5 Å². The first-order chi connectivity index (χ1) is 9.04. The predicted molar refractivity (Wildman–Crippen MR) is 81.1 cm³/mol. The van der Waals surface area contributed by atoms with Crippen molar-refractivity contribution >= 4 is 21.8 Å². The lowest BCUT2D eigenvalue weighted by Crippen LogP contribution is -2.55. The summed E-state index contributed by atoms with van der Waals surface area (Å²) in [5.74, 6) is 0.264. The molecule has 1 fully saturated rings. The fourth-order valence-electron chi connectivity index (χ4n) is 2.63. The van der Waals surface area contributed by atoms with Crippen LogP contribution in [0.3, 0.4) is 0 Å². The van der Waals surface area contributed by atoms with Gasteiger partial charge in [-0.25, -0.2) is 0 Å². The molecule has 4 heteroatoms. The molecule has 1 N–H and O–H groups in total. The lowest BCUT2D eigenvalue weighted by molar-refractivity contribution is -0.132. The molecule has 1 heterocycles. The molecule has 104 valence electrons. The first-order valence-corrected chi connectivity index (χ1v) is 7.62. The number of rotatable bonds is 3. The Balaban J connectivity index is 1.87. The second-order valence-corrected chi connectivity index (χ2v) is 6.31. The average Bonchev–Trinajstić information content (AvgIpc) is 2.35. The summed E-state index contributed by atoms with van der Waals surface area (Å²) in [4.78, 5) is 14.2. The molecule has 1 aromatic rings. The van der Waals surface area contributed by atoms with Crippen LogP contribution in [0.2, 0.25) is 0 Å². The molecule has 2 atom stereocenters. The van der Waals surface area contributed by atoms with E-state index in [1.54, 1.807) is 0 Å². The molecular weight excluding hydrogens is 304 g/mol. The summed E-state index contributed by atoms with van der Waals surface area (Å²) in [7, 11) is 0. The van der Waals surface area contributed by atoms with Crippen molar-refractivity contribution < 1.29 is 4.79 Å². The third-order valence-electron chi connectivity index (χ3n) is 3.43. The van der Waals surface area contributed by atoms with Gasteiger partial charge in [0.15, 0.2) is 0 Å². The monoisotopic (exact) mass is 324 g/mol. The molecule has 0 bridgehead atoms. The van der Waals surface area contributed by atoms with E-state index in [1.165, 1.54) is 5.56 Å². The number of nitrogens with zero attached hydrogens (tertiary/aromatic N) is 1. The molecule has 1 saturated heterocycles. The molecule has 1 aliphatic heterocycles. The van der Waals surface area contributed by atoms with Crippen molar-refractivity contribution in [2.75, 3.05) is 13.1 Å². The van der Waals surface area contributed by atoms with Crippen molar-refractivity contribution in [3.05, 3.63) is 34.3 Å². The maximum absolute atomic E-state index is 12.2. The van der Waals surface area contributed by atoms with Gasteiger partial charge in [-0.1, -0.05) is 28.1 Å². The molecule has 19 heavy (non-hydrogen) atoms. The lowest BCUT2D eigenvalue weighted by Gasteiger charge is -2.36. The van der Waals surface area contributed by atoms with Crippen LogP contribution in [-0.4, -0.2) is 36.0 Å². The van der Waals surface area contributed by atoms with E-state index < -0.39 is 0 Å². The Morgan fingerprint density at radius 2 is 2.05 bits per heavy atom. The number of hydrogen-bond donors (Lipinski definition) is 1. The predicted octanol–water partition coefficient (Wildman–Crippen LogP) is 2.59. The van der Waals surface area contributed by atoms with Crippen molar-refractivity contribution in [2.24, 2.45) is 0 Å². The number of amides is 1. The lowest BCUT2D eigenvalue weighted by atomic mass is 10.1. The average molecular weight is 325 g/mol. The van der Waals surface area contributed by atoms with Gasteiger partial charge in [-0.2, -0.15) is 0 Å². The van der Waals surface area contributed by atoms with Crippen LogP contribution in [0.4, 0.5) is 0 Å². The molecule has 1 amide bonds. The number of halogens is 1. The largest absolute Gasteiger partial charge is 0.340 e. The normalized spacial score (nSPS) is 23.4. The summed E-state index contributed by atoms with van der Waals surface area (Å²) in [5, 5.41) is 3.45. The minimum absolute atomic E-state index is 0.264. The number of carbonyl (C=O) groups is 1. The van der Waals surface area contributed by atoms with Gasteiger partial charge in [-0.3, -0.25) is 4.79 Å². The van der Waals surface area contributed by atoms with E-state index in [-0.39, 0.29) is 5.91 Å². The molecule has 1 aliphatic rings. The van der Waals surface area contributed by atoms with Gasteiger partial charge in [0.25, 0.3) is 0 Å². The Bertz CT molecular complexity index is 440. The molecule has 0 aromatic heterocycles. The third kappa shape index (κ3) is 4.32. The van der Waals surface area contributed by atoms with Crippen molar-refractivity contribution in [1.82, 2.24) is 10.2 Å². The highest BCUT2D eigenvalue weighted by atomic mass is 79.9. The van der Waals surface area contributed by atoms with E-state index in [2.05, 4.69) is 47.2 Å². The van der Waals surface area contributed by atoms with Crippen molar-refractivity contribution in [3.8, 4) is 0 Å². The minimum Gasteiger partial charge on any atom is -0.340 e. The summed E-state index contributed by atoms with van der Waals surface area (Å²) < 4.78 is 1.07. The van der Waals surface area contributed by atoms with Gasteiger partial charge in [-0.15, -0.1) is 0 Å². The highest BCUT2D eigenvalue weighted by Gasteiger charge is 2.24. The van der Waals surface area contributed by atoms with Crippen LogP contribution in [0.5, 0.6) is 0 Å². The Kier molecular flexibility index (Phi) is 4.99. The highest BCUT2D eigenvalue weighted by Crippen LogP contribution is 2.14. The first-order valence-electron chi connectivity index (χ1n) is 6.83. The smallest absolute Gasteiger partial charge is 0.223 e. The fourth-order valence-corrected chi connectivity index (χ4v) is 3.08. The first kappa shape index (κ1) is 14.5. The highest BCUT2D eigenvalue weighted by molar-refractivity contribution is 9.10. The molecule has 0 saturated carbocycles. The molecular formula is C15H21BrN2O. The Morgan fingerprint density at radius 1 is 1.37 bits per heavy atom. The van der Waals surface area contributed by atoms with Gasteiger partial charge in [0.2, 0.25) is 5.91 Å². The van der Waals surface area contributed by atoms with Crippen LogP contribution in [0.1, 0.15) is 25.8 Å². The van der Waals surface area contributed by atoms with Crippen molar-refractivity contribution in [2.45, 2.75) is 38.8 Å². The topological polar surface area (TPSA) is 32.3 Å². The number of benzene rings is 1. The molecule has 0 radical (unpaired) electrons. The van der Waals surface area contributed by atoms with Crippen LogP contribution >= 0.6 is 15.9 Å². The number of aryl methyl sites for hydroxylation is 1. The standard InChI is InChI=1S/C15H21BrN2O/c1-11-9-18(10-12(2)17-11)15(19)7-6-13-4-3-5-14(16)8-13/h3-5,8,11-12,17H,6-7,9-10H2,1-2H3/t11-,12-/m0/s1. The molecule has 2 rings (SSSR count). The fraction of sp³-hybridized carbons (Fsp3) is 0.533. The third-order valence-corrected chi connectivity index (χ3v) is 3.92. The van der Waals surface area contributed by atoms with E-state index >= 15 is 0 Å². The summed E-state index contributed by atoms with van der Waals surface area (Å²) in [6, 6.07) is 8.94. The van der Waals surface area contributed by atoms with Crippen LogP contribution in [0.25, 0.3) is 0 Å². The zero-order valence-corrected chi connectivity index (χ0v) is 13.1. The molecule has 3 nitrogen and oxygen atoms in total. The van der Waals surface area contributed by atoms with E-state index in [4.69, 9.17) is 0 Å². The van der Waals surface area contributed by atoms with Gasteiger partial charge in [0, 0.05) is 36.1 Å². The SMILES string of the molecule is C[C@H]1CN(C(=O)CCc2cccc(Br)c2)C[C@H](C)N1. The van der Waals surface area contributed by atoms with Gasteiger partial charge < -0.3 is 10.2 Å². The maximum Gasteiger partial charge on any atom is 0.223 e. The van der Waals surface area contributed by atoms with Gasteiger partial charge in [0.1, 0.15) is 0 Å². The number of nitrogens with one attached hydrogen (secondary N) is 1. The van der Waals surface area contributed by atoms with E-state index in [1.807, 2.05) is 17.0 Å². The second kappa shape index (κ2) is 6.53. The molecule has 1 aromatic carbocycles. The zero-order valence-electron chi connectivity index (χ0n) is 11.5. The van der Waals surface area contributed by atoms with E-state index in [9.17, 15) is 4.79 Å². The number of carbonyl (C=O) groups excluding carboxylic acids is 1. The zero-order chi connectivity index (χ0) is 13.8. The van der Waals surface area contributed by atoms with Crippen LogP contribution < -0.4 is 5.32 Å². The number of piperazine rings is 1. The molecule has 0 spiro atoms. The van der Waals surface area contributed by atoms with Crippen molar-refractivity contribution in [3.63, 3.8) is 0 Å². The summed E-state index contributed by atoms with van der Waals surface area (Å²) >= 11 is 3.46. The minimum atomic E-state index is 0.264. The summed E-state index contributed by atoms with van der Waals surface area (Å²) in [5.41, 5.74) is 1.21. The number of hydrogen-bond acceptors (Lipinski definition) is 2. The van der Waals surface area contributed by atoms with E-state index in [0.717, 1.165) is 24.0 Å². The summed E-state index contributed by atoms with van der Waals surface area (Å²) in [6.07, 6.45) is 1.40. The van der Waals surface area contributed by atoms with Gasteiger partial charge in [-0.05, 0) is 38.0 Å².